The SMILES string of the molecule is COC(=O)c1cc([N+](=O)[O-])c(NN(c2ccccc2)c2ccccc2)c([N+](=O)[O-])c1. The molecule has 0 radical (unpaired) electrons. The number of benzene rings is 3. The Bertz CT molecular complexity index is 1010. The van der Waals surface area contributed by atoms with Gasteiger partial charge in [-0.2, -0.15) is 0 Å². The molecule has 3 aromatic rings. The maximum Gasteiger partial charge on any atom is 0.338 e. The van der Waals surface area contributed by atoms with Gasteiger partial charge in [-0.05, 0) is 24.3 Å². The molecule has 0 unspecified atom stereocenters. The van der Waals surface area contributed by atoms with Gasteiger partial charge in [-0.3, -0.25) is 30.7 Å². The van der Waals surface area contributed by atoms with Crippen molar-refractivity contribution in [3.63, 3.8) is 0 Å². The molecule has 0 saturated carbocycles. The Morgan fingerprint density at radius 2 is 1.30 bits per heavy atom. The van der Waals surface area contributed by atoms with E-state index in [9.17, 15) is 25.0 Å². The van der Waals surface area contributed by atoms with Gasteiger partial charge in [-0.25, -0.2) is 4.79 Å². The van der Waals surface area contributed by atoms with Crippen LogP contribution in [0.1, 0.15) is 10.4 Å². The molecule has 0 spiro atoms. The molecule has 1 N–H and O–H groups in total. The first-order valence-corrected chi connectivity index (χ1v) is 8.64. The fourth-order valence-corrected chi connectivity index (χ4v) is 2.79. The summed E-state index contributed by atoms with van der Waals surface area (Å²) in [4.78, 5) is 33.6. The summed E-state index contributed by atoms with van der Waals surface area (Å²) in [5.41, 5.74) is 2.02. The summed E-state index contributed by atoms with van der Waals surface area (Å²) in [6.07, 6.45) is 0. The van der Waals surface area contributed by atoms with Crippen molar-refractivity contribution < 1.29 is 19.4 Å². The van der Waals surface area contributed by atoms with Crippen LogP contribution < -0.4 is 10.4 Å². The smallest absolute Gasteiger partial charge is 0.338 e. The van der Waals surface area contributed by atoms with E-state index in [1.165, 1.54) is 5.01 Å². The zero-order valence-corrected chi connectivity index (χ0v) is 15.7. The first-order chi connectivity index (χ1) is 14.4. The normalized spacial score (nSPS) is 10.2. The lowest BCUT2D eigenvalue weighted by molar-refractivity contribution is -0.392. The molecule has 3 rings (SSSR count). The molecule has 0 fully saturated rings. The van der Waals surface area contributed by atoms with Gasteiger partial charge in [0.1, 0.15) is 0 Å². The van der Waals surface area contributed by atoms with Crippen molar-refractivity contribution in [3.8, 4) is 0 Å². The Morgan fingerprint density at radius 1 is 0.867 bits per heavy atom. The standard InChI is InChI=1S/C20H16N4O6/c1-30-20(25)14-12-17(23(26)27)19(18(13-14)24(28)29)21-22(15-8-4-2-5-9-15)16-10-6-3-7-11-16/h2-13,21H,1H3. The molecule has 0 amide bonds. The van der Waals surface area contributed by atoms with Crippen LogP contribution in [0.3, 0.4) is 0 Å². The van der Waals surface area contributed by atoms with Crippen LogP contribution in [0.5, 0.6) is 0 Å². The Kier molecular flexibility index (Phi) is 5.87. The summed E-state index contributed by atoms with van der Waals surface area (Å²) >= 11 is 0. The van der Waals surface area contributed by atoms with Crippen LogP contribution in [0.15, 0.2) is 72.8 Å². The molecule has 10 heteroatoms. The molecule has 0 aliphatic rings. The number of ether oxygens (including phenoxy) is 1. The van der Waals surface area contributed by atoms with E-state index in [-0.39, 0.29) is 11.3 Å². The molecule has 0 atom stereocenters. The minimum absolute atomic E-state index is 0.299. The molecule has 0 bridgehead atoms. The minimum Gasteiger partial charge on any atom is -0.465 e. The van der Waals surface area contributed by atoms with E-state index in [1.807, 2.05) is 0 Å². The summed E-state index contributed by atoms with van der Waals surface area (Å²) < 4.78 is 4.55. The predicted octanol–water partition coefficient (Wildman–Crippen LogP) is 4.45. The molecule has 0 aromatic heterocycles. The molecule has 0 heterocycles. The fourth-order valence-electron chi connectivity index (χ4n) is 2.79. The Labute approximate surface area is 170 Å². The molecule has 3 aromatic carbocycles. The highest BCUT2D eigenvalue weighted by atomic mass is 16.6. The summed E-state index contributed by atoms with van der Waals surface area (Å²) in [5, 5.41) is 24.9. The third-order valence-corrected chi connectivity index (χ3v) is 4.16. The Balaban J connectivity index is 2.20. The largest absolute Gasteiger partial charge is 0.465 e. The number of methoxy groups -OCH3 is 1. The maximum atomic E-state index is 11.8. The third-order valence-electron chi connectivity index (χ3n) is 4.16. The van der Waals surface area contributed by atoms with Crippen LogP contribution >= 0.6 is 0 Å². The molecule has 0 aliphatic heterocycles. The minimum atomic E-state index is -0.921. The maximum absolute atomic E-state index is 11.8. The Hall–Kier alpha value is -4.47. The second-order valence-electron chi connectivity index (χ2n) is 6.01. The first kappa shape index (κ1) is 20.3. The summed E-state index contributed by atoms with van der Waals surface area (Å²) in [5.74, 6) is -0.921. The number of hydrogen-bond donors (Lipinski definition) is 1. The van der Waals surface area contributed by atoms with E-state index in [1.54, 1.807) is 60.7 Å². The highest BCUT2D eigenvalue weighted by molar-refractivity contribution is 5.94. The van der Waals surface area contributed by atoms with Gasteiger partial charge in [0.25, 0.3) is 0 Å². The molecule has 0 aliphatic carbocycles. The van der Waals surface area contributed by atoms with E-state index in [4.69, 9.17) is 0 Å². The van der Waals surface area contributed by atoms with Crippen molar-refractivity contribution in [1.82, 2.24) is 0 Å². The van der Waals surface area contributed by atoms with Gasteiger partial charge in [0.15, 0.2) is 0 Å². The molecule has 0 saturated heterocycles. The lowest BCUT2D eigenvalue weighted by atomic mass is 10.1. The molecule has 152 valence electrons. The zero-order valence-electron chi connectivity index (χ0n) is 15.7. The summed E-state index contributed by atoms with van der Waals surface area (Å²) in [7, 11) is 1.08. The van der Waals surface area contributed by atoms with E-state index in [2.05, 4.69) is 10.2 Å². The second-order valence-corrected chi connectivity index (χ2v) is 6.01. The van der Waals surface area contributed by atoms with E-state index in [0.717, 1.165) is 19.2 Å². The highest BCUT2D eigenvalue weighted by Gasteiger charge is 2.30. The Morgan fingerprint density at radius 3 is 1.67 bits per heavy atom. The average molecular weight is 408 g/mol. The monoisotopic (exact) mass is 408 g/mol. The number of nitrogens with one attached hydrogen (secondary N) is 1. The quantitative estimate of drug-likeness (QED) is 0.345. The summed E-state index contributed by atoms with van der Waals surface area (Å²) in [6.45, 7) is 0. The topological polar surface area (TPSA) is 128 Å². The number of carbonyl (C=O) groups excluding carboxylic acids is 1. The lowest BCUT2D eigenvalue weighted by Gasteiger charge is -2.26. The number of nitro benzene ring substituents is 2. The average Bonchev–Trinajstić information content (AvgIpc) is 2.77. The van der Waals surface area contributed by atoms with Gasteiger partial charge in [-0.1, -0.05) is 36.4 Å². The highest BCUT2D eigenvalue weighted by Crippen LogP contribution is 2.38. The van der Waals surface area contributed by atoms with Gasteiger partial charge in [0, 0.05) is 12.1 Å². The number of hydrogen-bond acceptors (Lipinski definition) is 8. The van der Waals surface area contributed by atoms with E-state index >= 15 is 0 Å². The number of hydrazine groups is 1. The zero-order chi connectivity index (χ0) is 21.7. The third kappa shape index (κ3) is 4.17. The van der Waals surface area contributed by atoms with Gasteiger partial charge < -0.3 is 4.74 Å². The van der Waals surface area contributed by atoms with Crippen molar-refractivity contribution in [3.05, 3.63) is 98.6 Å². The number of anilines is 3. The summed E-state index contributed by atoms with van der Waals surface area (Å²) in [6, 6.07) is 19.5. The van der Waals surface area contributed by atoms with Crippen LogP contribution in [-0.2, 0) is 4.74 Å². The fraction of sp³-hybridized carbons (Fsp3) is 0.0500. The number of esters is 1. The number of carbonyl (C=O) groups is 1. The van der Waals surface area contributed by atoms with Crippen molar-refractivity contribution >= 4 is 34.4 Å². The number of nitro groups is 2. The number of para-hydroxylation sites is 2. The van der Waals surface area contributed by atoms with Gasteiger partial charge in [0.05, 0.1) is 33.9 Å². The van der Waals surface area contributed by atoms with Gasteiger partial charge >= 0.3 is 17.3 Å². The van der Waals surface area contributed by atoms with E-state index in [0.29, 0.717) is 11.4 Å². The lowest BCUT2D eigenvalue weighted by Crippen LogP contribution is -2.25. The number of nitrogens with zero attached hydrogens (tertiary/aromatic N) is 3. The van der Waals surface area contributed by atoms with Crippen molar-refractivity contribution in [2.45, 2.75) is 0 Å². The van der Waals surface area contributed by atoms with Gasteiger partial charge in [-0.15, -0.1) is 0 Å². The van der Waals surface area contributed by atoms with Crippen LogP contribution in [0, 0.1) is 20.2 Å². The van der Waals surface area contributed by atoms with Crippen LogP contribution in [0.25, 0.3) is 0 Å². The van der Waals surface area contributed by atoms with E-state index < -0.39 is 27.2 Å². The molecular weight excluding hydrogens is 392 g/mol. The molecule has 10 nitrogen and oxygen atoms in total. The van der Waals surface area contributed by atoms with Crippen molar-refractivity contribution in [2.75, 3.05) is 17.5 Å². The predicted molar refractivity (Wildman–Crippen MR) is 110 cm³/mol. The second kappa shape index (κ2) is 8.69. The van der Waals surface area contributed by atoms with Crippen molar-refractivity contribution in [1.29, 1.82) is 0 Å². The van der Waals surface area contributed by atoms with Crippen LogP contribution in [-0.4, -0.2) is 22.9 Å². The molecule has 30 heavy (non-hydrogen) atoms. The molecular formula is C20H16N4O6. The van der Waals surface area contributed by atoms with Crippen LogP contribution in [0.2, 0.25) is 0 Å². The first-order valence-electron chi connectivity index (χ1n) is 8.64. The number of rotatable bonds is 7. The van der Waals surface area contributed by atoms with Gasteiger partial charge in [0.2, 0.25) is 5.69 Å². The van der Waals surface area contributed by atoms with Crippen molar-refractivity contribution in [2.24, 2.45) is 0 Å². The van der Waals surface area contributed by atoms with Crippen LogP contribution in [0.4, 0.5) is 28.4 Å².